The van der Waals surface area contributed by atoms with Crippen LogP contribution in [-0.4, -0.2) is 16.9 Å². The maximum absolute atomic E-state index is 12.4. The third kappa shape index (κ3) is 5.31. The van der Waals surface area contributed by atoms with Gasteiger partial charge in [0.1, 0.15) is 5.69 Å². The molecule has 0 saturated heterocycles. The van der Waals surface area contributed by atoms with Crippen molar-refractivity contribution in [2.24, 2.45) is 0 Å². The minimum absolute atomic E-state index is 0.0583. The van der Waals surface area contributed by atoms with Gasteiger partial charge in [-0.1, -0.05) is 55.5 Å². The Balaban J connectivity index is 1.52. The van der Waals surface area contributed by atoms with E-state index in [-0.39, 0.29) is 5.91 Å². The van der Waals surface area contributed by atoms with Gasteiger partial charge in [-0.3, -0.25) is 4.79 Å². The standard InChI is InChI=1S/C21H27N3O/c1-16-8-10-17(11-9-16)14-22-19-12-13-20(23-15-19)21(25)24-18-6-4-2-3-5-7-18/h8-13,15,18,22H,2-7,14H2,1H3,(H,24,25). The molecule has 0 aliphatic heterocycles. The summed E-state index contributed by atoms with van der Waals surface area (Å²) in [5.74, 6) is -0.0583. The maximum atomic E-state index is 12.4. The van der Waals surface area contributed by atoms with Gasteiger partial charge in [-0.05, 0) is 37.5 Å². The van der Waals surface area contributed by atoms with Crippen LogP contribution in [0.15, 0.2) is 42.6 Å². The van der Waals surface area contributed by atoms with E-state index in [9.17, 15) is 4.79 Å². The zero-order chi connectivity index (χ0) is 17.5. The molecule has 132 valence electrons. The Labute approximate surface area is 150 Å². The summed E-state index contributed by atoms with van der Waals surface area (Å²) in [6.45, 7) is 2.83. The molecular formula is C21H27N3O. The fourth-order valence-electron chi connectivity index (χ4n) is 3.23. The lowest BCUT2D eigenvalue weighted by atomic mass is 10.1. The maximum Gasteiger partial charge on any atom is 0.270 e. The second-order valence-corrected chi connectivity index (χ2v) is 6.93. The highest BCUT2D eigenvalue weighted by Crippen LogP contribution is 2.17. The topological polar surface area (TPSA) is 54.0 Å². The van der Waals surface area contributed by atoms with E-state index in [0.29, 0.717) is 11.7 Å². The van der Waals surface area contributed by atoms with Crippen LogP contribution in [0.5, 0.6) is 0 Å². The molecule has 2 aromatic rings. The van der Waals surface area contributed by atoms with Gasteiger partial charge in [-0.2, -0.15) is 0 Å². The van der Waals surface area contributed by atoms with Gasteiger partial charge in [0.15, 0.2) is 0 Å². The molecule has 0 atom stereocenters. The second-order valence-electron chi connectivity index (χ2n) is 6.93. The summed E-state index contributed by atoms with van der Waals surface area (Å²) in [7, 11) is 0. The predicted molar refractivity (Wildman–Crippen MR) is 102 cm³/mol. The average Bonchev–Trinajstić information content (AvgIpc) is 2.90. The highest BCUT2D eigenvalue weighted by atomic mass is 16.1. The SMILES string of the molecule is Cc1ccc(CNc2ccc(C(=O)NC3CCCCCC3)nc2)cc1. The minimum atomic E-state index is -0.0583. The van der Waals surface area contributed by atoms with Crippen molar-refractivity contribution in [2.45, 2.75) is 58.0 Å². The number of hydrogen-bond donors (Lipinski definition) is 2. The quantitative estimate of drug-likeness (QED) is 0.792. The summed E-state index contributed by atoms with van der Waals surface area (Å²) in [4.78, 5) is 16.7. The summed E-state index contributed by atoms with van der Waals surface area (Å²) in [6.07, 6.45) is 8.89. The van der Waals surface area contributed by atoms with Gasteiger partial charge in [0.05, 0.1) is 11.9 Å². The van der Waals surface area contributed by atoms with Crippen LogP contribution in [0, 0.1) is 6.92 Å². The molecule has 1 saturated carbocycles. The van der Waals surface area contributed by atoms with E-state index in [1.165, 1.54) is 36.8 Å². The van der Waals surface area contributed by atoms with Crippen LogP contribution in [0.4, 0.5) is 5.69 Å². The van der Waals surface area contributed by atoms with Crippen LogP contribution in [-0.2, 0) is 6.54 Å². The van der Waals surface area contributed by atoms with E-state index in [2.05, 4.69) is 46.8 Å². The molecule has 0 spiro atoms. The number of anilines is 1. The number of pyridine rings is 1. The number of carbonyl (C=O) groups is 1. The summed E-state index contributed by atoms with van der Waals surface area (Å²) >= 11 is 0. The van der Waals surface area contributed by atoms with Gasteiger partial charge < -0.3 is 10.6 Å². The van der Waals surface area contributed by atoms with Gasteiger partial charge in [0, 0.05) is 12.6 Å². The van der Waals surface area contributed by atoms with Crippen molar-refractivity contribution in [1.29, 1.82) is 0 Å². The second kappa shape index (κ2) is 8.65. The van der Waals surface area contributed by atoms with Crippen LogP contribution < -0.4 is 10.6 Å². The lowest BCUT2D eigenvalue weighted by Gasteiger charge is -2.16. The number of aryl methyl sites for hydroxylation is 1. The Kier molecular flexibility index (Phi) is 6.04. The summed E-state index contributed by atoms with van der Waals surface area (Å²) in [5.41, 5.74) is 3.90. The van der Waals surface area contributed by atoms with Crippen LogP contribution in [0.3, 0.4) is 0 Å². The molecule has 1 heterocycles. The van der Waals surface area contributed by atoms with E-state index in [1.54, 1.807) is 12.3 Å². The number of rotatable bonds is 5. The van der Waals surface area contributed by atoms with Crippen molar-refractivity contribution in [1.82, 2.24) is 10.3 Å². The first-order valence-electron chi connectivity index (χ1n) is 9.27. The fraction of sp³-hybridized carbons (Fsp3) is 0.429. The molecule has 1 amide bonds. The molecule has 1 aliphatic rings. The normalized spacial score (nSPS) is 15.4. The Morgan fingerprint density at radius 2 is 1.76 bits per heavy atom. The van der Waals surface area contributed by atoms with Gasteiger partial charge in [0.2, 0.25) is 0 Å². The largest absolute Gasteiger partial charge is 0.380 e. The molecule has 3 rings (SSSR count). The van der Waals surface area contributed by atoms with Crippen LogP contribution >= 0.6 is 0 Å². The molecule has 1 aromatic heterocycles. The number of nitrogens with zero attached hydrogens (tertiary/aromatic N) is 1. The molecule has 1 fully saturated rings. The lowest BCUT2D eigenvalue weighted by molar-refractivity contribution is 0.0928. The van der Waals surface area contributed by atoms with E-state index in [1.807, 2.05) is 6.07 Å². The molecule has 25 heavy (non-hydrogen) atoms. The number of carbonyl (C=O) groups excluding carboxylic acids is 1. The summed E-state index contributed by atoms with van der Waals surface area (Å²) < 4.78 is 0. The van der Waals surface area contributed by atoms with Gasteiger partial charge >= 0.3 is 0 Å². The number of benzene rings is 1. The Morgan fingerprint density at radius 1 is 1.04 bits per heavy atom. The third-order valence-corrected chi connectivity index (χ3v) is 4.80. The molecule has 4 nitrogen and oxygen atoms in total. The summed E-state index contributed by atoms with van der Waals surface area (Å²) in [5, 5.41) is 6.48. The molecule has 0 unspecified atom stereocenters. The highest BCUT2D eigenvalue weighted by Gasteiger charge is 2.16. The van der Waals surface area contributed by atoms with Crippen molar-refractivity contribution in [2.75, 3.05) is 5.32 Å². The first-order chi connectivity index (χ1) is 12.2. The zero-order valence-corrected chi connectivity index (χ0v) is 14.9. The molecule has 2 N–H and O–H groups in total. The molecule has 0 radical (unpaired) electrons. The van der Waals surface area contributed by atoms with Crippen LogP contribution in [0.2, 0.25) is 0 Å². The van der Waals surface area contributed by atoms with Crippen molar-refractivity contribution >= 4 is 11.6 Å². The van der Waals surface area contributed by atoms with Gasteiger partial charge in [-0.15, -0.1) is 0 Å². The van der Waals surface area contributed by atoms with Crippen molar-refractivity contribution in [3.8, 4) is 0 Å². The van der Waals surface area contributed by atoms with E-state index >= 15 is 0 Å². The van der Waals surface area contributed by atoms with Crippen LogP contribution in [0.1, 0.15) is 60.1 Å². The highest BCUT2D eigenvalue weighted by molar-refractivity contribution is 5.92. The van der Waals surface area contributed by atoms with E-state index in [4.69, 9.17) is 0 Å². The van der Waals surface area contributed by atoms with E-state index < -0.39 is 0 Å². The van der Waals surface area contributed by atoms with Crippen molar-refractivity contribution in [3.05, 3.63) is 59.4 Å². The summed E-state index contributed by atoms with van der Waals surface area (Å²) in [6, 6.07) is 12.5. The molecule has 4 heteroatoms. The molecule has 1 aromatic carbocycles. The fourth-order valence-corrected chi connectivity index (χ4v) is 3.23. The smallest absolute Gasteiger partial charge is 0.270 e. The first-order valence-corrected chi connectivity index (χ1v) is 9.27. The Hall–Kier alpha value is -2.36. The van der Waals surface area contributed by atoms with Crippen molar-refractivity contribution in [3.63, 3.8) is 0 Å². The first kappa shape index (κ1) is 17.5. The molecular weight excluding hydrogens is 310 g/mol. The third-order valence-electron chi connectivity index (χ3n) is 4.80. The lowest BCUT2D eigenvalue weighted by Crippen LogP contribution is -2.34. The van der Waals surface area contributed by atoms with E-state index in [0.717, 1.165) is 25.1 Å². The van der Waals surface area contributed by atoms with Crippen molar-refractivity contribution < 1.29 is 4.79 Å². The number of aromatic nitrogens is 1. The number of amides is 1. The minimum Gasteiger partial charge on any atom is -0.380 e. The van der Waals surface area contributed by atoms with Gasteiger partial charge in [-0.25, -0.2) is 4.98 Å². The number of nitrogens with one attached hydrogen (secondary N) is 2. The zero-order valence-electron chi connectivity index (χ0n) is 14.9. The molecule has 0 bridgehead atoms. The van der Waals surface area contributed by atoms with Crippen LogP contribution in [0.25, 0.3) is 0 Å². The molecule has 1 aliphatic carbocycles. The average molecular weight is 337 g/mol. The Bertz CT molecular complexity index is 671. The monoisotopic (exact) mass is 337 g/mol. The Morgan fingerprint density at radius 3 is 2.40 bits per heavy atom. The predicted octanol–water partition coefficient (Wildman–Crippen LogP) is 4.45. The van der Waals surface area contributed by atoms with Gasteiger partial charge in [0.25, 0.3) is 5.91 Å². The number of hydrogen-bond acceptors (Lipinski definition) is 3.